The van der Waals surface area contributed by atoms with Gasteiger partial charge in [0.15, 0.2) is 0 Å². The Morgan fingerprint density at radius 2 is 2.11 bits per heavy atom. The number of rotatable bonds is 7. The van der Waals surface area contributed by atoms with Crippen LogP contribution in [0.25, 0.3) is 0 Å². The fourth-order valence-electron chi connectivity index (χ4n) is 1.68. The predicted molar refractivity (Wildman–Crippen MR) is 83.4 cm³/mol. The van der Waals surface area contributed by atoms with Gasteiger partial charge in [-0.05, 0) is 35.0 Å². The van der Waals surface area contributed by atoms with Gasteiger partial charge in [-0.25, -0.2) is 0 Å². The smallest absolute Gasteiger partial charge is 0.221 e. The first-order valence-corrected chi connectivity index (χ1v) is 7.66. The largest absolute Gasteiger partial charge is 0.495 e. The molecule has 4 nitrogen and oxygen atoms in total. The molecule has 0 saturated carbocycles. The first kappa shape index (κ1) is 16.5. The van der Waals surface area contributed by atoms with Gasteiger partial charge in [0.05, 0.1) is 11.6 Å². The highest BCUT2D eigenvalue weighted by Crippen LogP contribution is 2.32. The number of nitrogens with one attached hydrogen (secondary N) is 2. The molecule has 0 atom stereocenters. The second-order valence-corrected chi connectivity index (χ2v) is 5.73. The number of hydrogen-bond acceptors (Lipinski definition) is 3. The standard InChI is InChI=1S/C13H18Br2N2O2/c1-3-17-12(18)4-5-16-8-9-6-10(14)7-11(15)13(9)19-2/h6-7,16H,3-5,8H2,1-2H3,(H,17,18). The van der Waals surface area contributed by atoms with Crippen LogP contribution in [0.4, 0.5) is 0 Å². The van der Waals surface area contributed by atoms with Crippen LogP contribution in [0.3, 0.4) is 0 Å². The number of carbonyl (C=O) groups is 1. The molecule has 0 bridgehead atoms. The zero-order valence-corrected chi connectivity index (χ0v) is 14.2. The molecule has 0 aromatic heterocycles. The molecular weight excluding hydrogens is 376 g/mol. The summed E-state index contributed by atoms with van der Waals surface area (Å²) in [5.74, 6) is 0.881. The van der Waals surface area contributed by atoms with E-state index in [1.54, 1.807) is 7.11 Å². The zero-order valence-electron chi connectivity index (χ0n) is 11.1. The van der Waals surface area contributed by atoms with Crippen molar-refractivity contribution in [3.63, 3.8) is 0 Å². The molecule has 0 aliphatic carbocycles. The molecule has 0 unspecified atom stereocenters. The van der Waals surface area contributed by atoms with E-state index in [-0.39, 0.29) is 5.91 Å². The molecule has 0 saturated heterocycles. The average molecular weight is 394 g/mol. The summed E-state index contributed by atoms with van der Waals surface area (Å²) in [6.07, 6.45) is 0.478. The lowest BCUT2D eigenvalue weighted by Crippen LogP contribution is -2.27. The van der Waals surface area contributed by atoms with E-state index in [1.807, 2.05) is 19.1 Å². The van der Waals surface area contributed by atoms with Crippen LogP contribution in [0, 0.1) is 0 Å². The minimum Gasteiger partial charge on any atom is -0.495 e. The van der Waals surface area contributed by atoms with Crippen LogP contribution < -0.4 is 15.4 Å². The van der Waals surface area contributed by atoms with Crippen molar-refractivity contribution in [3.05, 3.63) is 26.6 Å². The number of carbonyl (C=O) groups excluding carboxylic acids is 1. The maximum absolute atomic E-state index is 11.3. The Bertz CT molecular complexity index is 439. The molecule has 1 rings (SSSR count). The molecule has 0 fully saturated rings. The topological polar surface area (TPSA) is 50.4 Å². The van der Waals surface area contributed by atoms with Crippen LogP contribution in [-0.4, -0.2) is 26.1 Å². The van der Waals surface area contributed by atoms with E-state index in [4.69, 9.17) is 4.74 Å². The molecule has 0 aliphatic heterocycles. The van der Waals surface area contributed by atoms with Gasteiger partial charge in [0.2, 0.25) is 5.91 Å². The number of benzene rings is 1. The molecule has 0 aliphatic rings. The number of halogens is 2. The SMILES string of the molecule is CCNC(=O)CCNCc1cc(Br)cc(Br)c1OC. The lowest BCUT2D eigenvalue weighted by atomic mass is 10.2. The van der Waals surface area contributed by atoms with Gasteiger partial charge in [-0.3, -0.25) is 4.79 Å². The lowest BCUT2D eigenvalue weighted by molar-refractivity contribution is -0.120. The number of methoxy groups -OCH3 is 1. The molecule has 0 spiro atoms. The van der Waals surface area contributed by atoms with E-state index < -0.39 is 0 Å². The van der Waals surface area contributed by atoms with Crippen molar-refractivity contribution in [2.24, 2.45) is 0 Å². The van der Waals surface area contributed by atoms with Gasteiger partial charge in [-0.15, -0.1) is 0 Å². The van der Waals surface area contributed by atoms with Crippen LogP contribution >= 0.6 is 31.9 Å². The highest BCUT2D eigenvalue weighted by molar-refractivity contribution is 9.11. The van der Waals surface area contributed by atoms with E-state index in [0.29, 0.717) is 26.1 Å². The molecule has 1 amide bonds. The Balaban J connectivity index is 2.51. The third-order valence-electron chi connectivity index (χ3n) is 2.51. The molecule has 1 aromatic carbocycles. The summed E-state index contributed by atoms with van der Waals surface area (Å²) in [4.78, 5) is 11.3. The Morgan fingerprint density at radius 1 is 1.37 bits per heavy atom. The van der Waals surface area contributed by atoms with Crippen LogP contribution in [0.2, 0.25) is 0 Å². The van der Waals surface area contributed by atoms with Gasteiger partial charge in [0.25, 0.3) is 0 Å². The Morgan fingerprint density at radius 3 is 2.74 bits per heavy atom. The molecule has 1 aromatic rings. The van der Waals surface area contributed by atoms with Crippen molar-refractivity contribution in [3.8, 4) is 5.75 Å². The van der Waals surface area contributed by atoms with E-state index in [0.717, 1.165) is 20.3 Å². The normalized spacial score (nSPS) is 10.3. The van der Waals surface area contributed by atoms with Crippen molar-refractivity contribution in [1.82, 2.24) is 10.6 Å². The predicted octanol–water partition coefficient (Wildman–Crippen LogP) is 2.84. The van der Waals surface area contributed by atoms with Crippen molar-refractivity contribution in [2.75, 3.05) is 20.2 Å². The molecule has 0 heterocycles. The first-order chi connectivity index (χ1) is 9.08. The summed E-state index contributed by atoms with van der Waals surface area (Å²) in [6.45, 7) is 3.88. The van der Waals surface area contributed by atoms with Gasteiger partial charge in [-0.2, -0.15) is 0 Å². The van der Waals surface area contributed by atoms with E-state index >= 15 is 0 Å². The van der Waals surface area contributed by atoms with Gasteiger partial charge in [0.1, 0.15) is 5.75 Å². The second-order valence-electron chi connectivity index (χ2n) is 3.96. The fourth-order valence-corrected chi connectivity index (χ4v) is 3.16. The maximum Gasteiger partial charge on any atom is 0.221 e. The van der Waals surface area contributed by atoms with Crippen LogP contribution in [-0.2, 0) is 11.3 Å². The summed E-state index contributed by atoms with van der Waals surface area (Å²) in [7, 11) is 1.65. The molecule has 106 valence electrons. The monoisotopic (exact) mass is 392 g/mol. The van der Waals surface area contributed by atoms with Crippen molar-refractivity contribution >= 4 is 37.8 Å². The summed E-state index contributed by atoms with van der Waals surface area (Å²) in [6, 6.07) is 3.94. The number of amides is 1. The van der Waals surface area contributed by atoms with E-state index in [9.17, 15) is 4.79 Å². The number of hydrogen-bond donors (Lipinski definition) is 2. The van der Waals surface area contributed by atoms with E-state index in [1.165, 1.54) is 0 Å². The fraction of sp³-hybridized carbons (Fsp3) is 0.462. The lowest BCUT2D eigenvalue weighted by Gasteiger charge is -2.12. The summed E-state index contributed by atoms with van der Waals surface area (Å²) < 4.78 is 7.25. The van der Waals surface area contributed by atoms with Crippen LogP contribution in [0.15, 0.2) is 21.1 Å². The molecule has 19 heavy (non-hydrogen) atoms. The quantitative estimate of drug-likeness (QED) is 0.700. The minimum atomic E-state index is 0.0670. The van der Waals surface area contributed by atoms with Gasteiger partial charge >= 0.3 is 0 Å². The Hall–Kier alpha value is -0.590. The van der Waals surface area contributed by atoms with Crippen LogP contribution in [0.5, 0.6) is 5.75 Å². The van der Waals surface area contributed by atoms with E-state index in [2.05, 4.69) is 42.5 Å². The minimum absolute atomic E-state index is 0.0670. The average Bonchev–Trinajstić information content (AvgIpc) is 2.34. The first-order valence-electron chi connectivity index (χ1n) is 6.07. The van der Waals surface area contributed by atoms with Crippen molar-refractivity contribution < 1.29 is 9.53 Å². The van der Waals surface area contributed by atoms with Crippen molar-refractivity contribution in [1.29, 1.82) is 0 Å². The molecule has 0 radical (unpaired) electrons. The second kappa shape index (κ2) is 8.55. The van der Waals surface area contributed by atoms with Crippen LogP contribution in [0.1, 0.15) is 18.9 Å². The maximum atomic E-state index is 11.3. The highest BCUT2D eigenvalue weighted by atomic mass is 79.9. The van der Waals surface area contributed by atoms with Gasteiger partial charge < -0.3 is 15.4 Å². The molecule has 6 heteroatoms. The third kappa shape index (κ3) is 5.50. The Kier molecular flexibility index (Phi) is 7.41. The highest BCUT2D eigenvalue weighted by Gasteiger charge is 2.09. The third-order valence-corrected chi connectivity index (χ3v) is 3.55. The summed E-state index contributed by atoms with van der Waals surface area (Å²) in [5.41, 5.74) is 1.04. The van der Waals surface area contributed by atoms with Crippen molar-refractivity contribution in [2.45, 2.75) is 19.9 Å². The van der Waals surface area contributed by atoms with Gasteiger partial charge in [0, 0.05) is 36.1 Å². The summed E-state index contributed by atoms with van der Waals surface area (Å²) >= 11 is 6.92. The molecule has 2 N–H and O–H groups in total. The zero-order chi connectivity index (χ0) is 14.3. The van der Waals surface area contributed by atoms with Gasteiger partial charge in [-0.1, -0.05) is 15.9 Å². The Labute approximate surface area is 130 Å². The number of ether oxygens (including phenoxy) is 1. The summed E-state index contributed by atoms with van der Waals surface area (Å²) in [5, 5.41) is 6.00. The molecular formula is C13H18Br2N2O2.